The minimum Gasteiger partial charge on any atom is -0.393 e. The van der Waals surface area contributed by atoms with E-state index in [-0.39, 0.29) is 11.4 Å². The highest BCUT2D eigenvalue weighted by Gasteiger charge is 2.16. The molecule has 3 N–H and O–H groups in total. The fraction of sp³-hybridized carbons (Fsp3) is 0.250. The number of benzene rings is 1. The van der Waals surface area contributed by atoms with Gasteiger partial charge in [0.2, 0.25) is 0 Å². The van der Waals surface area contributed by atoms with Crippen molar-refractivity contribution in [2.24, 2.45) is 0 Å². The lowest BCUT2D eigenvalue weighted by molar-refractivity contribution is -0.383. The molecule has 1 heterocycles. The molecule has 1 aromatic carbocycles. The average Bonchev–Trinajstić information content (AvgIpc) is 2.74. The third-order valence-corrected chi connectivity index (χ3v) is 2.67. The van der Waals surface area contributed by atoms with Crippen molar-refractivity contribution in [3.8, 4) is 0 Å². The van der Waals surface area contributed by atoms with Gasteiger partial charge in [0.05, 0.1) is 17.7 Å². The fourth-order valence-electron chi connectivity index (χ4n) is 1.80. The zero-order valence-corrected chi connectivity index (χ0v) is 10.5. The monoisotopic (exact) mass is 261 g/mol. The van der Waals surface area contributed by atoms with Crippen LogP contribution in [0.3, 0.4) is 0 Å². The summed E-state index contributed by atoms with van der Waals surface area (Å²) in [5.74, 6) is 0. The van der Waals surface area contributed by atoms with Gasteiger partial charge in [-0.3, -0.25) is 14.8 Å². The van der Waals surface area contributed by atoms with Crippen LogP contribution in [-0.4, -0.2) is 21.2 Å². The van der Waals surface area contributed by atoms with Crippen molar-refractivity contribution in [3.63, 3.8) is 0 Å². The summed E-state index contributed by atoms with van der Waals surface area (Å²) in [6.07, 6.45) is 3.68. The molecule has 0 radical (unpaired) electrons. The number of aromatic nitrogens is 2. The van der Waals surface area contributed by atoms with Crippen molar-refractivity contribution in [3.05, 3.63) is 46.3 Å². The van der Waals surface area contributed by atoms with Crippen LogP contribution >= 0.6 is 0 Å². The Bertz CT molecular complexity index is 594. The summed E-state index contributed by atoms with van der Waals surface area (Å²) in [5.41, 5.74) is 7.19. The molecule has 0 bridgehead atoms. The van der Waals surface area contributed by atoms with Crippen LogP contribution in [-0.2, 0) is 6.54 Å². The number of nitro groups is 1. The Morgan fingerprint density at radius 3 is 2.95 bits per heavy atom. The Labute approximate surface area is 110 Å². The van der Waals surface area contributed by atoms with Gasteiger partial charge < -0.3 is 11.1 Å². The number of hydrogen-bond acceptors (Lipinski definition) is 5. The molecule has 7 nitrogen and oxygen atoms in total. The number of nitro benzene ring substituents is 1. The lowest BCUT2D eigenvalue weighted by Crippen LogP contribution is -2.12. The first-order valence-electron chi connectivity index (χ1n) is 5.83. The largest absolute Gasteiger partial charge is 0.393 e. The highest BCUT2D eigenvalue weighted by atomic mass is 16.6. The van der Waals surface area contributed by atoms with Crippen molar-refractivity contribution in [2.75, 3.05) is 17.6 Å². The van der Waals surface area contributed by atoms with E-state index >= 15 is 0 Å². The van der Waals surface area contributed by atoms with Crippen LogP contribution < -0.4 is 11.1 Å². The molecular weight excluding hydrogens is 246 g/mol. The topological polar surface area (TPSA) is 99.0 Å². The molecule has 0 spiro atoms. The summed E-state index contributed by atoms with van der Waals surface area (Å²) in [7, 11) is 0. The van der Waals surface area contributed by atoms with Gasteiger partial charge in [0, 0.05) is 12.7 Å². The summed E-state index contributed by atoms with van der Waals surface area (Å²) in [4.78, 5) is 10.5. The molecule has 0 aliphatic carbocycles. The van der Waals surface area contributed by atoms with Crippen LogP contribution in [0.5, 0.6) is 0 Å². The van der Waals surface area contributed by atoms with Crippen LogP contribution in [0.2, 0.25) is 0 Å². The Balaban J connectivity index is 2.03. The van der Waals surface area contributed by atoms with E-state index in [2.05, 4.69) is 10.4 Å². The lowest BCUT2D eigenvalue weighted by Gasteiger charge is -2.08. The molecule has 0 fully saturated rings. The molecular formula is C12H15N5O2. The number of para-hydroxylation sites is 1. The third-order valence-electron chi connectivity index (χ3n) is 2.67. The van der Waals surface area contributed by atoms with E-state index in [9.17, 15) is 10.1 Å². The highest BCUT2D eigenvalue weighted by Crippen LogP contribution is 2.30. The predicted molar refractivity (Wildman–Crippen MR) is 73.0 cm³/mol. The van der Waals surface area contributed by atoms with Crippen molar-refractivity contribution in [1.29, 1.82) is 0 Å². The predicted octanol–water partition coefficient (Wildman–Crippen LogP) is 1.79. The molecule has 7 heteroatoms. The van der Waals surface area contributed by atoms with Crippen molar-refractivity contribution in [1.82, 2.24) is 9.78 Å². The van der Waals surface area contributed by atoms with Crippen LogP contribution in [0.1, 0.15) is 5.56 Å². The summed E-state index contributed by atoms with van der Waals surface area (Å²) in [6, 6.07) is 4.84. The highest BCUT2D eigenvalue weighted by molar-refractivity contribution is 5.74. The van der Waals surface area contributed by atoms with Crippen molar-refractivity contribution < 1.29 is 4.92 Å². The molecule has 0 unspecified atom stereocenters. The first kappa shape index (κ1) is 12.9. The standard InChI is InChI=1S/C12H15N5O2/c1-9-7-15-16(8-9)6-5-14-11-4-2-3-10(13)12(11)17(18)19/h2-4,7-8,14H,5-6,13H2,1H3. The smallest absolute Gasteiger partial charge is 0.314 e. The summed E-state index contributed by atoms with van der Waals surface area (Å²) < 4.78 is 1.78. The van der Waals surface area contributed by atoms with Gasteiger partial charge in [0.1, 0.15) is 11.4 Å². The second-order valence-corrected chi connectivity index (χ2v) is 4.21. The van der Waals surface area contributed by atoms with Crippen molar-refractivity contribution in [2.45, 2.75) is 13.5 Å². The Kier molecular flexibility index (Phi) is 3.65. The molecule has 0 amide bonds. The number of hydrogen-bond donors (Lipinski definition) is 2. The van der Waals surface area contributed by atoms with E-state index in [0.717, 1.165) is 5.56 Å². The lowest BCUT2D eigenvalue weighted by atomic mass is 10.2. The summed E-state index contributed by atoms with van der Waals surface area (Å²) >= 11 is 0. The maximum Gasteiger partial charge on any atom is 0.314 e. The van der Waals surface area contributed by atoms with Gasteiger partial charge >= 0.3 is 5.69 Å². The first-order chi connectivity index (χ1) is 9.08. The van der Waals surface area contributed by atoms with E-state index in [0.29, 0.717) is 18.8 Å². The average molecular weight is 261 g/mol. The van der Waals surface area contributed by atoms with Crippen LogP contribution in [0.4, 0.5) is 17.1 Å². The number of anilines is 2. The molecule has 1 aromatic heterocycles. The molecule has 0 aliphatic heterocycles. The number of rotatable bonds is 5. The molecule has 0 atom stereocenters. The van der Waals surface area contributed by atoms with E-state index in [1.807, 2.05) is 13.1 Å². The maximum absolute atomic E-state index is 10.9. The molecule has 2 aromatic rings. The van der Waals surface area contributed by atoms with E-state index in [1.165, 1.54) is 6.07 Å². The second-order valence-electron chi connectivity index (χ2n) is 4.21. The van der Waals surface area contributed by atoms with E-state index in [4.69, 9.17) is 5.73 Å². The molecule has 2 rings (SSSR count). The van der Waals surface area contributed by atoms with Gasteiger partial charge in [-0.15, -0.1) is 0 Å². The second kappa shape index (κ2) is 5.38. The van der Waals surface area contributed by atoms with Crippen molar-refractivity contribution >= 4 is 17.1 Å². The normalized spacial score (nSPS) is 10.4. The van der Waals surface area contributed by atoms with Gasteiger partial charge in [-0.25, -0.2) is 0 Å². The van der Waals surface area contributed by atoms with Crippen LogP contribution in [0.25, 0.3) is 0 Å². The molecule has 0 saturated heterocycles. The SMILES string of the molecule is Cc1cnn(CCNc2cccc(N)c2[N+](=O)[O-])c1. The molecule has 100 valence electrons. The summed E-state index contributed by atoms with van der Waals surface area (Å²) in [6.45, 7) is 3.12. The van der Waals surface area contributed by atoms with E-state index < -0.39 is 4.92 Å². The third kappa shape index (κ3) is 3.01. The number of nitrogen functional groups attached to an aromatic ring is 1. The minimum absolute atomic E-state index is 0.0841. The quantitative estimate of drug-likeness (QED) is 0.485. The number of aryl methyl sites for hydroxylation is 1. The van der Waals surface area contributed by atoms with Gasteiger partial charge in [-0.05, 0) is 24.6 Å². The molecule has 0 aliphatic rings. The van der Waals surface area contributed by atoms with Gasteiger partial charge in [-0.2, -0.15) is 5.10 Å². The number of nitrogens with zero attached hydrogens (tertiary/aromatic N) is 3. The fourth-order valence-corrected chi connectivity index (χ4v) is 1.80. The number of nitrogens with one attached hydrogen (secondary N) is 1. The Hall–Kier alpha value is -2.57. The molecule has 19 heavy (non-hydrogen) atoms. The Morgan fingerprint density at radius 1 is 1.53 bits per heavy atom. The van der Waals surface area contributed by atoms with Gasteiger partial charge in [-0.1, -0.05) is 6.07 Å². The number of nitrogens with two attached hydrogens (primary N) is 1. The maximum atomic E-state index is 10.9. The first-order valence-corrected chi connectivity index (χ1v) is 5.83. The zero-order chi connectivity index (χ0) is 13.8. The Morgan fingerprint density at radius 2 is 2.32 bits per heavy atom. The summed E-state index contributed by atoms with van der Waals surface area (Å²) in [5, 5.41) is 18.1. The van der Waals surface area contributed by atoms with Gasteiger partial charge in [0.15, 0.2) is 0 Å². The zero-order valence-electron chi connectivity index (χ0n) is 10.5. The van der Waals surface area contributed by atoms with Crippen LogP contribution in [0, 0.1) is 17.0 Å². The minimum atomic E-state index is -0.476. The van der Waals surface area contributed by atoms with Gasteiger partial charge in [0.25, 0.3) is 0 Å². The van der Waals surface area contributed by atoms with E-state index in [1.54, 1.807) is 23.0 Å². The van der Waals surface area contributed by atoms with Crippen LogP contribution in [0.15, 0.2) is 30.6 Å². The molecule has 0 saturated carbocycles.